The van der Waals surface area contributed by atoms with Crippen molar-refractivity contribution in [3.8, 4) is 0 Å². The Balaban J connectivity index is 2.12. The fourth-order valence-corrected chi connectivity index (χ4v) is 2.79. The molecule has 4 heteroatoms. The molecular weight excluding hydrogens is 252 g/mol. The van der Waals surface area contributed by atoms with Gasteiger partial charge in [0, 0.05) is 12.5 Å². The second-order valence-corrected chi connectivity index (χ2v) is 5.49. The predicted molar refractivity (Wildman–Crippen MR) is 55.3 cm³/mol. The Morgan fingerprint density at radius 1 is 1.62 bits per heavy atom. The van der Waals surface area contributed by atoms with Crippen LogP contribution in [-0.2, 0) is 4.74 Å². The van der Waals surface area contributed by atoms with E-state index in [0.29, 0.717) is 6.61 Å². The van der Waals surface area contributed by atoms with E-state index in [1.165, 1.54) is 11.3 Å². The highest BCUT2D eigenvalue weighted by atomic mass is 79.9. The van der Waals surface area contributed by atoms with Gasteiger partial charge in [0.15, 0.2) is 5.78 Å². The first kappa shape index (κ1) is 9.37. The number of hydrogen-bond donors (Lipinski definition) is 0. The molecule has 2 nitrogen and oxygen atoms in total. The molecule has 13 heavy (non-hydrogen) atoms. The summed E-state index contributed by atoms with van der Waals surface area (Å²) in [7, 11) is 0. The molecule has 0 aliphatic carbocycles. The van der Waals surface area contributed by atoms with Gasteiger partial charge in [0.2, 0.25) is 0 Å². The maximum atomic E-state index is 11.8. The van der Waals surface area contributed by atoms with Gasteiger partial charge in [0.1, 0.15) is 0 Å². The second-order valence-electron chi connectivity index (χ2n) is 3.03. The van der Waals surface area contributed by atoms with Gasteiger partial charge in [0.25, 0.3) is 0 Å². The van der Waals surface area contributed by atoms with Crippen molar-refractivity contribution in [3.63, 3.8) is 0 Å². The molecule has 1 fully saturated rings. The third kappa shape index (κ3) is 2.00. The summed E-state index contributed by atoms with van der Waals surface area (Å²) in [5.74, 6) is 0.318. The summed E-state index contributed by atoms with van der Waals surface area (Å²) in [6, 6.07) is 3.78. The van der Waals surface area contributed by atoms with Crippen molar-refractivity contribution in [2.24, 2.45) is 5.92 Å². The third-order valence-corrected chi connectivity index (χ3v) is 3.75. The molecule has 2 rings (SSSR count). The quantitative estimate of drug-likeness (QED) is 0.765. The number of ketones is 1. The molecule has 70 valence electrons. The van der Waals surface area contributed by atoms with E-state index in [-0.39, 0.29) is 11.7 Å². The van der Waals surface area contributed by atoms with Crippen molar-refractivity contribution < 1.29 is 9.53 Å². The van der Waals surface area contributed by atoms with Crippen LogP contribution in [0.15, 0.2) is 15.9 Å². The van der Waals surface area contributed by atoms with Crippen LogP contribution < -0.4 is 0 Å². The lowest BCUT2D eigenvalue weighted by Gasteiger charge is -2.02. The van der Waals surface area contributed by atoms with Gasteiger partial charge in [-0.15, -0.1) is 11.3 Å². The number of rotatable bonds is 2. The van der Waals surface area contributed by atoms with E-state index in [9.17, 15) is 4.79 Å². The Kier molecular flexibility index (Phi) is 2.81. The van der Waals surface area contributed by atoms with Gasteiger partial charge < -0.3 is 4.74 Å². The lowest BCUT2D eigenvalue weighted by atomic mass is 10.0. The van der Waals surface area contributed by atoms with E-state index in [2.05, 4.69) is 15.9 Å². The Hall–Kier alpha value is -0.190. The van der Waals surface area contributed by atoms with Crippen LogP contribution in [0.3, 0.4) is 0 Å². The largest absolute Gasteiger partial charge is 0.381 e. The average Bonchev–Trinajstić information content (AvgIpc) is 2.72. The first-order valence-electron chi connectivity index (χ1n) is 4.14. The third-order valence-electron chi connectivity index (χ3n) is 2.12. The van der Waals surface area contributed by atoms with Crippen LogP contribution >= 0.6 is 27.3 Å². The molecular formula is C9H9BrO2S. The number of thiophene rings is 1. The molecule has 1 unspecified atom stereocenters. The first-order chi connectivity index (χ1) is 6.27. The van der Waals surface area contributed by atoms with Crippen molar-refractivity contribution >= 4 is 33.0 Å². The van der Waals surface area contributed by atoms with Gasteiger partial charge >= 0.3 is 0 Å². The maximum Gasteiger partial charge on any atom is 0.178 e. The zero-order valence-electron chi connectivity index (χ0n) is 6.96. The second kappa shape index (κ2) is 3.90. The van der Waals surface area contributed by atoms with Crippen LogP contribution in [0, 0.1) is 5.92 Å². The van der Waals surface area contributed by atoms with Gasteiger partial charge in [0.05, 0.1) is 15.3 Å². The molecule has 0 aromatic carbocycles. The number of halogens is 1. The molecule has 0 spiro atoms. The van der Waals surface area contributed by atoms with E-state index < -0.39 is 0 Å². The SMILES string of the molecule is O=C(c1ccc(Br)s1)C1CCOC1. The Morgan fingerprint density at radius 3 is 3.00 bits per heavy atom. The summed E-state index contributed by atoms with van der Waals surface area (Å²) >= 11 is 4.84. The van der Waals surface area contributed by atoms with Crippen molar-refractivity contribution in [3.05, 3.63) is 20.8 Å². The van der Waals surface area contributed by atoms with Gasteiger partial charge in [-0.3, -0.25) is 4.79 Å². The fraction of sp³-hybridized carbons (Fsp3) is 0.444. The fourth-order valence-electron chi connectivity index (χ4n) is 1.39. The number of hydrogen-bond acceptors (Lipinski definition) is 3. The van der Waals surface area contributed by atoms with Crippen LogP contribution in [0.25, 0.3) is 0 Å². The number of ether oxygens (including phenoxy) is 1. The average molecular weight is 261 g/mol. The Morgan fingerprint density at radius 2 is 2.46 bits per heavy atom. The van der Waals surface area contributed by atoms with E-state index in [1.807, 2.05) is 12.1 Å². The molecule has 1 aromatic heterocycles. The molecule has 1 aromatic rings. The molecule has 0 bridgehead atoms. The zero-order chi connectivity index (χ0) is 9.26. The normalized spacial score (nSPS) is 22.1. The maximum absolute atomic E-state index is 11.8. The lowest BCUT2D eigenvalue weighted by Crippen LogP contribution is -2.12. The number of carbonyl (C=O) groups excluding carboxylic acids is 1. The van der Waals surface area contributed by atoms with Gasteiger partial charge in [-0.1, -0.05) is 0 Å². The minimum absolute atomic E-state index is 0.0885. The smallest absolute Gasteiger partial charge is 0.178 e. The van der Waals surface area contributed by atoms with Crippen LogP contribution in [-0.4, -0.2) is 19.0 Å². The summed E-state index contributed by atoms with van der Waals surface area (Å²) in [6.45, 7) is 1.32. The molecule has 0 amide bonds. The molecule has 0 N–H and O–H groups in total. The van der Waals surface area contributed by atoms with Crippen LogP contribution in [0.5, 0.6) is 0 Å². The van der Waals surface area contributed by atoms with Gasteiger partial charge in [-0.05, 0) is 34.5 Å². The highest BCUT2D eigenvalue weighted by molar-refractivity contribution is 9.11. The molecule has 1 atom stereocenters. The standard InChI is InChI=1S/C9H9BrO2S/c10-8-2-1-7(13-8)9(11)6-3-4-12-5-6/h1-2,6H,3-5H2. The van der Waals surface area contributed by atoms with E-state index in [0.717, 1.165) is 21.7 Å². The van der Waals surface area contributed by atoms with Crippen molar-refractivity contribution in [2.45, 2.75) is 6.42 Å². The van der Waals surface area contributed by atoms with Crippen LogP contribution in [0.4, 0.5) is 0 Å². The highest BCUT2D eigenvalue weighted by Gasteiger charge is 2.25. The highest BCUT2D eigenvalue weighted by Crippen LogP contribution is 2.26. The summed E-state index contributed by atoms with van der Waals surface area (Å²) in [6.07, 6.45) is 0.869. The molecule has 0 saturated carbocycles. The van der Waals surface area contributed by atoms with Gasteiger partial charge in [-0.2, -0.15) is 0 Å². The molecule has 1 aliphatic rings. The van der Waals surface area contributed by atoms with Crippen molar-refractivity contribution in [2.75, 3.05) is 13.2 Å². The zero-order valence-corrected chi connectivity index (χ0v) is 9.36. The summed E-state index contributed by atoms with van der Waals surface area (Å²) in [4.78, 5) is 12.6. The van der Waals surface area contributed by atoms with E-state index >= 15 is 0 Å². The topological polar surface area (TPSA) is 26.3 Å². The number of Topliss-reactive ketones (excluding diaryl/α,β-unsaturated/α-hetero) is 1. The predicted octanol–water partition coefficient (Wildman–Crippen LogP) is 2.73. The number of carbonyl (C=O) groups is 1. The van der Waals surface area contributed by atoms with Crippen LogP contribution in [0.1, 0.15) is 16.1 Å². The molecule has 1 saturated heterocycles. The van der Waals surface area contributed by atoms with E-state index in [4.69, 9.17) is 4.74 Å². The summed E-state index contributed by atoms with van der Waals surface area (Å²) in [5.41, 5.74) is 0. The van der Waals surface area contributed by atoms with Crippen molar-refractivity contribution in [1.82, 2.24) is 0 Å². The molecule has 0 radical (unpaired) electrons. The van der Waals surface area contributed by atoms with E-state index in [1.54, 1.807) is 0 Å². The minimum atomic E-state index is 0.0885. The molecule has 2 heterocycles. The van der Waals surface area contributed by atoms with Crippen molar-refractivity contribution in [1.29, 1.82) is 0 Å². The van der Waals surface area contributed by atoms with Gasteiger partial charge in [-0.25, -0.2) is 0 Å². The summed E-state index contributed by atoms with van der Waals surface area (Å²) in [5, 5.41) is 0. The summed E-state index contributed by atoms with van der Waals surface area (Å²) < 4.78 is 6.19. The Bertz CT molecular complexity index is 315. The lowest BCUT2D eigenvalue weighted by molar-refractivity contribution is 0.0904. The van der Waals surface area contributed by atoms with Crippen LogP contribution in [0.2, 0.25) is 0 Å². The first-order valence-corrected chi connectivity index (χ1v) is 5.75. The Labute approximate surface area is 89.0 Å². The minimum Gasteiger partial charge on any atom is -0.381 e. The molecule has 1 aliphatic heterocycles. The monoisotopic (exact) mass is 260 g/mol.